The van der Waals surface area contributed by atoms with Gasteiger partial charge in [0.25, 0.3) is 0 Å². The summed E-state index contributed by atoms with van der Waals surface area (Å²) in [5.41, 5.74) is 11.4. The maximum absolute atomic E-state index is 12.4. The van der Waals surface area contributed by atoms with Crippen molar-refractivity contribution in [2.75, 3.05) is 5.32 Å². The molecule has 0 aliphatic rings. The van der Waals surface area contributed by atoms with Gasteiger partial charge < -0.3 is 11.1 Å². The third-order valence-electron chi connectivity index (χ3n) is 5.24. The van der Waals surface area contributed by atoms with Gasteiger partial charge in [-0.1, -0.05) is 24.3 Å². The standard InChI is InChI=1S/C23H23N5O2/c1-14-18(15(2)28-23(25-14)19-5-3-4-6-20(19)27-28)11-12-22(30)26-17-9-7-16(8-10-17)13-21(24)29/h3-10H,11-13H2,1-2H3,(H2,24,29)(H,26,30). The van der Waals surface area contributed by atoms with Crippen LogP contribution in [0.2, 0.25) is 0 Å². The van der Waals surface area contributed by atoms with Gasteiger partial charge in [0, 0.05) is 28.9 Å². The lowest BCUT2D eigenvalue weighted by Crippen LogP contribution is -2.15. The summed E-state index contributed by atoms with van der Waals surface area (Å²) in [6, 6.07) is 15.1. The predicted molar refractivity (Wildman–Crippen MR) is 116 cm³/mol. The first-order valence-corrected chi connectivity index (χ1v) is 9.83. The van der Waals surface area contributed by atoms with E-state index >= 15 is 0 Å². The summed E-state index contributed by atoms with van der Waals surface area (Å²) < 4.78 is 1.86. The number of anilines is 1. The van der Waals surface area contributed by atoms with E-state index in [0.29, 0.717) is 18.5 Å². The molecular formula is C23H23N5O2. The number of benzene rings is 2. The van der Waals surface area contributed by atoms with Crippen LogP contribution in [0.25, 0.3) is 16.6 Å². The van der Waals surface area contributed by atoms with Crippen LogP contribution < -0.4 is 11.1 Å². The van der Waals surface area contributed by atoms with Gasteiger partial charge in [0.05, 0.1) is 11.9 Å². The van der Waals surface area contributed by atoms with Crippen molar-refractivity contribution in [3.8, 4) is 0 Å². The largest absolute Gasteiger partial charge is 0.369 e. The van der Waals surface area contributed by atoms with Gasteiger partial charge in [-0.05, 0) is 55.7 Å². The third-order valence-corrected chi connectivity index (χ3v) is 5.24. The van der Waals surface area contributed by atoms with Gasteiger partial charge in [-0.2, -0.15) is 5.10 Å². The van der Waals surface area contributed by atoms with E-state index in [4.69, 9.17) is 10.7 Å². The fraction of sp³-hybridized carbons (Fsp3) is 0.217. The molecule has 2 heterocycles. The summed E-state index contributed by atoms with van der Waals surface area (Å²) >= 11 is 0. The Labute approximate surface area is 173 Å². The van der Waals surface area contributed by atoms with Crippen molar-refractivity contribution >= 4 is 34.1 Å². The van der Waals surface area contributed by atoms with Crippen LogP contribution in [-0.2, 0) is 22.4 Å². The molecule has 2 aromatic heterocycles. The Morgan fingerprint density at radius 2 is 1.80 bits per heavy atom. The number of nitrogens with two attached hydrogens (primary N) is 1. The van der Waals surface area contributed by atoms with Gasteiger partial charge in [0.1, 0.15) is 0 Å². The number of rotatable bonds is 6. The van der Waals surface area contributed by atoms with Gasteiger partial charge in [0.2, 0.25) is 11.8 Å². The molecule has 0 atom stereocenters. The van der Waals surface area contributed by atoms with Gasteiger partial charge in [-0.3, -0.25) is 9.59 Å². The molecule has 7 heteroatoms. The first kappa shape index (κ1) is 19.6. The van der Waals surface area contributed by atoms with Gasteiger partial charge in [-0.25, -0.2) is 9.50 Å². The summed E-state index contributed by atoms with van der Waals surface area (Å²) in [4.78, 5) is 28.2. The Balaban J connectivity index is 1.48. The molecule has 0 saturated carbocycles. The van der Waals surface area contributed by atoms with Crippen molar-refractivity contribution in [3.05, 3.63) is 71.0 Å². The Hall–Kier alpha value is -3.74. The van der Waals surface area contributed by atoms with Crippen molar-refractivity contribution in [2.24, 2.45) is 5.73 Å². The molecule has 0 bridgehead atoms. The molecule has 3 N–H and O–H groups in total. The molecule has 0 spiro atoms. The van der Waals surface area contributed by atoms with Crippen LogP contribution in [-0.4, -0.2) is 26.4 Å². The highest BCUT2D eigenvalue weighted by Crippen LogP contribution is 2.23. The molecule has 0 saturated heterocycles. The first-order chi connectivity index (χ1) is 14.4. The third kappa shape index (κ3) is 3.87. The minimum atomic E-state index is -0.381. The second-order valence-electron chi connectivity index (χ2n) is 7.40. The molecule has 0 aliphatic carbocycles. The summed E-state index contributed by atoms with van der Waals surface area (Å²) in [5, 5.41) is 8.57. The predicted octanol–water partition coefficient (Wildman–Crippen LogP) is 3.10. The molecular weight excluding hydrogens is 378 g/mol. The van der Waals surface area contributed by atoms with E-state index in [0.717, 1.165) is 39.1 Å². The zero-order valence-corrected chi connectivity index (χ0v) is 17.0. The topological polar surface area (TPSA) is 102 Å². The lowest BCUT2D eigenvalue weighted by Gasteiger charge is -2.11. The first-order valence-electron chi connectivity index (χ1n) is 9.83. The van der Waals surface area contributed by atoms with Crippen LogP contribution in [0.5, 0.6) is 0 Å². The monoisotopic (exact) mass is 401 g/mol. The fourth-order valence-corrected chi connectivity index (χ4v) is 3.71. The molecule has 2 amide bonds. The number of nitrogens with one attached hydrogen (secondary N) is 1. The lowest BCUT2D eigenvalue weighted by molar-refractivity contribution is -0.117. The number of fused-ring (bicyclic) bond motifs is 3. The SMILES string of the molecule is Cc1nc2c3ccccc3nn2c(C)c1CCC(=O)Nc1ccc(CC(N)=O)cc1. The molecule has 0 radical (unpaired) electrons. The van der Waals surface area contributed by atoms with E-state index in [2.05, 4.69) is 10.4 Å². The number of aromatic nitrogens is 3. The highest BCUT2D eigenvalue weighted by Gasteiger charge is 2.15. The highest BCUT2D eigenvalue weighted by atomic mass is 16.1. The number of hydrogen-bond donors (Lipinski definition) is 2. The Kier molecular flexibility index (Phi) is 5.18. The Morgan fingerprint density at radius 3 is 2.53 bits per heavy atom. The zero-order valence-electron chi connectivity index (χ0n) is 17.0. The summed E-state index contributed by atoms with van der Waals surface area (Å²) in [7, 11) is 0. The number of hydrogen-bond acceptors (Lipinski definition) is 4. The number of carbonyl (C=O) groups excluding carboxylic acids is 2. The molecule has 30 heavy (non-hydrogen) atoms. The van der Waals surface area contributed by atoms with Crippen molar-refractivity contribution < 1.29 is 9.59 Å². The van der Waals surface area contributed by atoms with Crippen molar-refractivity contribution in [2.45, 2.75) is 33.1 Å². The molecule has 2 aromatic carbocycles. The molecule has 0 unspecified atom stereocenters. The van der Waals surface area contributed by atoms with Gasteiger partial charge in [-0.15, -0.1) is 0 Å². The number of amides is 2. The molecule has 7 nitrogen and oxygen atoms in total. The van der Waals surface area contributed by atoms with E-state index < -0.39 is 0 Å². The van der Waals surface area contributed by atoms with E-state index in [1.54, 1.807) is 24.3 Å². The van der Waals surface area contributed by atoms with E-state index in [1.807, 2.05) is 42.6 Å². The molecule has 0 fully saturated rings. The van der Waals surface area contributed by atoms with E-state index in [1.165, 1.54) is 0 Å². The molecule has 152 valence electrons. The summed E-state index contributed by atoms with van der Waals surface area (Å²) in [5.74, 6) is -0.463. The van der Waals surface area contributed by atoms with E-state index in [9.17, 15) is 9.59 Å². The second kappa shape index (κ2) is 7.94. The van der Waals surface area contributed by atoms with Crippen molar-refractivity contribution in [3.63, 3.8) is 0 Å². The average Bonchev–Trinajstić information content (AvgIpc) is 3.08. The Morgan fingerprint density at radius 1 is 1.07 bits per heavy atom. The Bertz CT molecular complexity index is 1260. The highest BCUT2D eigenvalue weighted by molar-refractivity contribution is 5.92. The van der Waals surface area contributed by atoms with Crippen LogP contribution >= 0.6 is 0 Å². The molecule has 4 aromatic rings. The number of primary amides is 1. The van der Waals surface area contributed by atoms with Gasteiger partial charge >= 0.3 is 0 Å². The average molecular weight is 401 g/mol. The van der Waals surface area contributed by atoms with Crippen LogP contribution in [0.4, 0.5) is 5.69 Å². The van der Waals surface area contributed by atoms with Gasteiger partial charge in [0.15, 0.2) is 5.65 Å². The van der Waals surface area contributed by atoms with Crippen LogP contribution in [0.1, 0.15) is 28.9 Å². The normalized spacial score (nSPS) is 11.1. The van der Waals surface area contributed by atoms with Crippen molar-refractivity contribution in [1.82, 2.24) is 14.6 Å². The van der Waals surface area contributed by atoms with Crippen LogP contribution in [0.15, 0.2) is 48.5 Å². The van der Waals surface area contributed by atoms with Crippen LogP contribution in [0.3, 0.4) is 0 Å². The number of nitrogens with zero attached hydrogens (tertiary/aromatic N) is 3. The lowest BCUT2D eigenvalue weighted by atomic mass is 10.1. The second-order valence-corrected chi connectivity index (χ2v) is 7.40. The maximum atomic E-state index is 12.4. The maximum Gasteiger partial charge on any atom is 0.224 e. The van der Waals surface area contributed by atoms with Crippen LogP contribution in [0, 0.1) is 13.8 Å². The number of aryl methyl sites for hydroxylation is 2. The fourth-order valence-electron chi connectivity index (χ4n) is 3.71. The zero-order chi connectivity index (χ0) is 21.3. The quantitative estimate of drug-likeness (QED) is 0.518. The number of carbonyl (C=O) groups is 2. The summed E-state index contributed by atoms with van der Waals surface area (Å²) in [6.45, 7) is 3.98. The van der Waals surface area contributed by atoms with Crippen molar-refractivity contribution in [1.29, 1.82) is 0 Å². The smallest absolute Gasteiger partial charge is 0.224 e. The molecule has 0 aliphatic heterocycles. The minimum absolute atomic E-state index is 0.0813. The minimum Gasteiger partial charge on any atom is -0.369 e. The van der Waals surface area contributed by atoms with E-state index in [-0.39, 0.29) is 18.2 Å². The summed E-state index contributed by atoms with van der Waals surface area (Å²) in [6.07, 6.45) is 1.09. The molecule has 4 rings (SSSR count).